The van der Waals surface area contributed by atoms with Crippen LogP contribution in [-0.4, -0.2) is 18.8 Å². The summed E-state index contributed by atoms with van der Waals surface area (Å²) in [5.41, 5.74) is 1.36. The largest absolute Gasteiger partial charge is 0.316 e. The first-order valence-electron chi connectivity index (χ1n) is 5.79. The maximum absolute atomic E-state index is 5.85. The lowest BCUT2D eigenvalue weighted by atomic mass is 10.2. The first kappa shape index (κ1) is 12.3. The number of hydrogen-bond donors (Lipinski definition) is 1. The molecule has 0 bridgehead atoms. The molecule has 0 aliphatic heterocycles. The summed E-state index contributed by atoms with van der Waals surface area (Å²) in [6, 6.07) is 8.86. The highest BCUT2D eigenvalue weighted by atomic mass is 35.5. The number of benzene rings is 1. The molecule has 0 radical (unpaired) electrons. The van der Waals surface area contributed by atoms with Gasteiger partial charge in [-0.05, 0) is 43.5 Å². The van der Waals surface area contributed by atoms with Gasteiger partial charge in [-0.1, -0.05) is 23.7 Å². The van der Waals surface area contributed by atoms with E-state index >= 15 is 0 Å². The first-order valence-corrected chi connectivity index (χ1v) is 7.32. The number of hydrogen-bond acceptors (Lipinski definition) is 2. The maximum atomic E-state index is 5.85. The molecule has 1 N–H and O–H groups in total. The van der Waals surface area contributed by atoms with Gasteiger partial charge in [0.05, 0.1) is 0 Å². The molecule has 0 saturated heterocycles. The van der Waals surface area contributed by atoms with Gasteiger partial charge in [0.2, 0.25) is 0 Å². The molecule has 1 aliphatic carbocycles. The molecule has 16 heavy (non-hydrogen) atoms. The zero-order valence-corrected chi connectivity index (χ0v) is 11.2. The van der Waals surface area contributed by atoms with Crippen molar-refractivity contribution in [1.82, 2.24) is 5.32 Å². The van der Waals surface area contributed by atoms with Crippen LogP contribution in [0.3, 0.4) is 0 Å². The van der Waals surface area contributed by atoms with Gasteiger partial charge in [0.15, 0.2) is 0 Å². The molecule has 1 aromatic carbocycles. The summed E-state index contributed by atoms with van der Waals surface area (Å²) in [5, 5.41) is 4.24. The predicted octanol–water partition coefficient (Wildman–Crippen LogP) is 3.57. The average molecular weight is 256 g/mol. The normalized spacial score (nSPS) is 17.4. The summed E-state index contributed by atoms with van der Waals surface area (Å²) >= 11 is 7.86. The van der Waals surface area contributed by atoms with E-state index in [9.17, 15) is 0 Å². The summed E-state index contributed by atoms with van der Waals surface area (Å²) in [4.78, 5) is 0. The third kappa shape index (κ3) is 3.69. The summed E-state index contributed by atoms with van der Waals surface area (Å²) in [7, 11) is 2.08. The molecule has 3 heteroatoms. The zero-order valence-electron chi connectivity index (χ0n) is 9.58. The fourth-order valence-electron chi connectivity index (χ4n) is 1.84. The lowest BCUT2D eigenvalue weighted by Crippen LogP contribution is -2.29. The molecule has 1 atom stereocenters. The molecule has 1 unspecified atom stereocenters. The summed E-state index contributed by atoms with van der Waals surface area (Å²) in [5.74, 6) is 3.23. The smallest absolute Gasteiger partial charge is 0.0406 e. The standard InChI is InChI=1S/C13H18ClNS/c1-15-13(11-4-5-11)9-16-8-10-2-6-12(14)7-3-10/h2-3,6-7,11,13,15H,4-5,8-9H2,1H3. The Hall–Kier alpha value is -0.180. The molecule has 88 valence electrons. The highest BCUT2D eigenvalue weighted by Gasteiger charge is 2.29. The van der Waals surface area contributed by atoms with Crippen molar-refractivity contribution < 1.29 is 0 Å². The lowest BCUT2D eigenvalue weighted by molar-refractivity contribution is 0.554. The van der Waals surface area contributed by atoms with Gasteiger partial charge < -0.3 is 5.32 Å². The number of rotatable bonds is 6. The van der Waals surface area contributed by atoms with E-state index in [2.05, 4.69) is 24.5 Å². The quantitative estimate of drug-likeness (QED) is 0.834. The molecule has 0 aromatic heterocycles. The topological polar surface area (TPSA) is 12.0 Å². The van der Waals surface area contributed by atoms with Crippen LogP contribution in [-0.2, 0) is 5.75 Å². The Balaban J connectivity index is 1.72. The Morgan fingerprint density at radius 1 is 1.38 bits per heavy atom. The fourth-order valence-corrected chi connectivity index (χ4v) is 3.20. The molecule has 0 spiro atoms. The van der Waals surface area contributed by atoms with Gasteiger partial charge in [0.1, 0.15) is 0 Å². The number of halogens is 1. The van der Waals surface area contributed by atoms with Crippen LogP contribution in [0.4, 0.5) is 0 Å². The monoisotopic (exact) mass is 255 g/mol. The molecular formula is C13H18ClNS. The minimum absolute atomic E-state index is 0.706. The molecule has 2 rings (SSSR count). The highest BCUT2D eigenvalue weighted by Crippen LogP contribution is 2.34. The van der Waals surface area contributed by atoms with E-state index in [1.54, 1.807) is 0 Å². The van der Waals surface area contributed by atoms with Crippen molar-refractivity contribution in [2.75, 3.05) is 12.8 Å². The van der Waals surface area contributed by atoms with Gasteiger partial charge in [0.25, 0.3) is 0 Å². The van der Waals surface area contributed by atoms with E-state index in [1.807, 2.05) is 23.9 Å². The van der Waals surface area contributed by atoms with E-state index in [-0.39, 0.29) is 0 Å². The average Bonchev–Trinajstić information content (AvgIpc) is 3.11. The molecule has 0 amide bonds. The zero-order chi connectivity index (χ0) is 11.4. The fraction of sp³-hybridized carbons (Fsp3) is 0.538. The van der Waals surface area contributed by atoms with Gasteiger partial charge in [0, 0.05) is 22.6 Å². The van der Waals surface area contributed by atoms with E-state index in [0.29, 0.717) is 6.04 Å². The van der Waals surface area contributed by atoms with Crippen LogP contribution >= 0.6 is 23.4 Å². The van der Waals surface area contributed by atoms with Crippen LogP contribution in [0.5, 0.6) is 0 Å². The first-order chi connectivity index (χ1) is 7.79. The van der Waals surface area contributed by atoms with E-state index in [4.69, 9.17) is 11.6 Å². The summed E-state index contributed by atoms with van der Waals surface area (Å²) in [6.45, 7) is 0. The number of nitrogens with one attached hydrogen (secondary N) is 1. The van der Waals surface area contributed by atoms with E-state index in [1.165, 1.54) is 24.2 Å². The molecule has 1 fully saturated rings. The Labute approximate surface area is 107 Å². The van der Waals surface area contributed by atoms with Crippen LogP contribution in [0.15, 0.2) is 24.3 Å². The third-order valence-electron chi connectivity index (χ3n) is 3.04. The molecule has 1 nitrogen and oxygen atoms in total. The highest BCUT2D eigenvalue weighted by molar-refractivity contribution is 7.98. The Morgan fingerprint density at radius 3 is 2.62 bits per heavy atom. The summed E-state index contributed by atoms with van der Waals surface area (Å²) < 4.78 is 0. The van der Waals surface area contributed by atoms with Crippen molar-refractivity contribution in [3.63, 3.8) is 0 Å². The van der Waals surface area contributed by atoms with Gasteiger partial charge in [-0.15, -0.1) is 0 Å². The van der Waals surface area contributed by atoms with Crippen molar-refractivity contribution >= 4 is 23.4 Å². The van der Waals surface area contributed by atoms with Crippen molar-refractivity contribution in [3.05, 3.63) is 34.9 Å². The van der Waals surface area contributed by atoms with Crippen molar-refractivity contribution in [2.45, 2.75) is 24.6 Å². The maximum Gasteiger partial charge on any atom is 0.0406 e. The van der Waals surface area contributed by atoms with Crippen molar-refractivity contribution in [1.29, 1.82) is 0 Å². The van der Waals surface area contributed by atoms with Crippen molar-refractivity contribution in [3.8, 4) is 0 Å². The van der Waals surface area contributed by atoms with Gasteiger partial charge >= 0.3 is 0 Å². The van der Waals surface area contributed by atoms with Crippen LogP contribution in [0, 0.1) is 5.92 Å². The predicted molar refractivity (Wildman–Crippen MR) is 73.2 cm³/mol. The molecule has 1 aliphatic rings. The van der Waals surface area contributed by atoms with Crippen LogP contribution in [0.25, 0.3) is 0 Å². The van der Waals surface area contributed by atoms with E-state index in [0.717, 1.165) is 16.7 Å². The van der Waals surface area contributed by atoms with Crippen molar-refractivity contribution in [2.24, 2.45) is 5.92 Å². The Bertz CT molecular complexity index is 321. The second kappa shape index (κ2) is 5.95. The second-order valence-corrected chi connectivity index (χ2v) is 5.84. The van der Waals surface area contributed by atoms with Gasteiger partial charge in [-0.3, -0.25) is 0 Å². The Morgan fingerprint density at radius 2 is 2.06 bits per heavy atom. The third-order valence-corrected chi connectivity index (χ3v) is 4.43. The molecular weight excluding hydrogens is 238 g/mol. The van der Waals surface area contributed by atoms with Crippen LogP contribution < -0.4 is 5.32 Å². The lowest BCUT2D eigenvalue weighted by Gasteiger charge is -2.14. The minimum atomic E-state index is 0.706. The Kier molecular flexibility index (Phi) is 4.56. The summed E-state index contributed by atoms with van der Waals surface area (Å²) in [6.07, 6.45) is 2.82. The molecule has 1 saturated carbocycles. The second-order valence-electron chi connectivity index (χ2n) is 4.37. The minimum Gasteiger partial charge on any atom is -0.316 e. The van der Waals surface area contributed by atoms with Crippen LogP contribution in [0.1, 0.15) is 18.4 Å². The SMILES string of the molecule is CNC(CSCc1ccc(Cl)cc1)C1CC1. The number of thioether (sulfide) groups is 1. The molecule has 0 heterocycles. The van der Waals surface area contributed by atoms with E-state index < -0.39 is 0 Å². The van der Waals surface area contributed by atoms with Crippen LogP contribution in [0.2, 0.25) is 5.02 Å². The van der Waals surface area contributed by atoms with Gasteiger partial charge in [-0.2, -0.15) is 11.8 Å². The molecule has 1 aromatic rings. The van der Waals surface area contributed by atoms with Gasteiger partial charge in [-0.25, -0.2) is 0 Å².